The van der Waals surface area contributed by atoms with Crippen LogP contribution in [0.15, 0.2) is 22.3 Å². The quantitative estimate of drug-likeness (QED) is 0.378. The zero-order chi connectivity index (χ0) is 10.7. The van der Waals surface area contributed by atoms with Gasteiger partial charge in [0.05, 0.1) is 0 Å². The third-order valence-corrected chi connectivity index (χ3v) is 4.07. The number of hydrogen-bond acceptors (Lipinski definition) is 0. The zero-order valence-electron chi connectivity index (χ0n) is 10.4. The normalized spacial score (nSPS) is 23.2. The summed E-state index contributed by atoms with van der Waals surface area (Å²) in [5.41, 5.74) is 6.94. The Morgan fingerprint density at radius 3 is 1.93 bits per heavy atom. The number of rotatable bonds is 0. The first-order valence-corrected chi connectivity index (χ1v) is 6.62. The molecule has 0 saturated heterocycles. The Kier molecular flexibility index (Phi) is 3.66. The topological polar surface area (TPSA) is 0 Å². The second-order valence-electron chi connectivity index (χ2n) is 5.40. The van der Waals surface area contributed by atoms with Crippen molar-refractivity contribution in [2.45, 2.75) is 71.6 Å². The van der Waals surface area contributed by atoms with Gasteiger partial charge in [-0.3, -0.25) is 0 Å². The maximum Gasteiger partial charge on any atom is -0.0103 e. The maximum absolute atomic E-state index is 2.27. The molecule has 0 unspecified atom stereocenters. The summed E-state index contributed by atoms with van der Waals surface area (Å²) < 4.78 is 0. The van der Waals surface area contributed by atoms with Crippen molar-refractivity contribution in [1.82, 2.24) is 0 Å². The van der Waals surface area contributed by atoms with Crippen molar-refractivity contribution in [3.8, 4) is 0 Å². The second-order valence-corrected chi connectivity index (χ2v) is 5.40. The lowest BCUT2D eigenvalue weighted by Gasteiger charge is -2.07. The molecule has 0 spiro atoms. The third-order valence-electron chi connectivity index (χ3n) is 4.07. The first kappa shape index (κ1) is 11.0. The molecule has 2 saturated carbocycles. The van der Waals surface area contributed by atoms with Gasteiger partial charge in [0.15, 0.2) is 0 Å². The average Bonchev–Trinajstić information content (AvgIpc) is 2.55. The summed E-state index contributed by atoms with van der Waals surface area (Å²) in [6.45, 7) is 4.55. The lowest BCUT2D eigenvalue weighted by Crippen LogP contribution is -1.87. The van der Waals surface area contributed by atoms with Gasteiger partial charge in [-0.2, -0.15) is 0 Å². The van der Waals surface area contributed by atoms with Gasteiger partial charge >= 0.3 is 0 Å². The monoisotopic (exact) mass is 204 g/mol. The van der Waals surface area contributed by atoms with Crippen LogP contribution in [0.25, 0.3) is 0 Å². The molecule has 0 aromatic heterocycles. The van der Waals surface area contributed by atoms with Gasteiger partial charge in [-0.05, 0) is 58.8 Å². The molecule has 0 radical (unpaired) electrons. The van der Waals surface area contributed by atoms with Gasteiger partial charge in [-0.15, -0.1) is 0 Å². The highest BCUT2D eigenvalue weighted by Crippen LogP contribution is 2.37. The van der Waals surface area contributed by atoms with Crippen LogP contribution in [0.4, 0.5) is 0 Å². The molecule has 0 aromatic rings. The van der Waals surface area contributed by atoms with Crippen molar-refractivity contribution in [2.24, 2.45) is 0 Å². The van der Waals surface area contributed by atoms with E-state index in [9.17, 15) is 0 Å². The van der Waals surface area contributed by atoms with Crippen molar-refractivity contribution < 1.29 is 0 Å². The Balaban J connectivity index is 2.09. The molecule has 2 fully saturated rings. The third kappa shape index (κ3) is 2.74. The lowest BCUT2D eigenvalue weighted by atomic mass is 9.99. The number of allylic oxidation sites excluding steroid dienone is 4. The molecule has 15 heavy (non-hydrogen) atoms. The molecule has 0 bridgehead atoms. The zero-order valence-corrected chi connectivity index (χ0v) is 10.4. The van der Waals surface area contributed by atoms with E-state index in [1.807, 2.05) is 11.1 Å². The van der Waals surface area contributed by atoms with E-state index >= 15 is 0 Å². The van der Waals surface area contributed by atoms with Crippen LogP contribution < -0.4 is 0 Å². The minimum atomic E-state index is 1.32. The Bertz CT molecular complexity index is 277. The maximum atomic E-state index is 2.27. The second kappa shape index (κ2) is 5.01. The fourth-order valence-electron chi connectivity index (χ4n) is 2.97. The first-order chi connectivity index (χ1) is 7.27. The van der Waals surface area contributed by atoms with Crippen molar-refractivity contribution >= 4 is 0 Å². The van der Waals surface area contributed by atoms with Crippen LogP contribution in [0.2, 0.25) is 0 Å². The summed E-state index contributed by atoms with van der Waals surface area (Å²) >= 11 is 0. The summed E-state index contributed by atoms with van der Waals surface area (Å²) in [7, 11) is 0. The standard InChI is InChI=1S/C15H24/c1-12(2)14-9-10-15(11-14)13-7-5-3-4-6-8-13/h3-11H2,1-2H3. The predicted octanol–water partition coefficient (Wildman–Crippen LogP) is 5.16. The molecule has 2 rings (SSSR count). The van der Waals surface area contributed by atoms with Crippen molar-refractivity contribution in [1.29, 1.82) is 0 Å². The van der Waals surface area contributed by atoms with Crippen LogP contribution in [0, 0.1) is 0 Å². The molecule has 2 aliphatic rings. The average molecular weight is 204 g/mol. The highest BCUT2D eigenvalue weighted by atomic mass is 14.2. The molecule has 2 aliphatic carbocycles. The van der Waals surface area contributed by atoms with Crippen molar-refractivity contribution in [2.75, 3.05) is 0 Å². The minimum absolute atomic E-state index is 1.32. The first-order valence-electron chi connectivity index (χ1n) is 6.62. The van der Waals surface area contributed by atoms with Crippen LogP contribution in [0.3, 0.4) is 0 Å². The van der Waals surface area contributed by atoms with Gasteiger partial charge < -0.3 is 0 Å². The summed E-state index contributed by atoms with van der Waals surface area (Å²) in [6, 6.07) is 0. The van der Waals surface area contributed by atoms with Gasteiger partial charge in [0, 0.05) is 0 Å². The van der Waals surface area contributed by atoms with Crippen molar-refractivity contribution in [3.05, 3.63) is 22.3 Å². The predicted molar refractivity (Wildman–Crippen MR) is 67.0 cm³/mol. The van der Waals surface area contributed by atoms with E-state index in [0.29, 0.717) is 0 Å². The van der Waals surface area contributed by atoms with Gasteiger partial charge in [0.2, 0.25) is 0 Å². The van der Waals surface area contributed by atoms with Crippen LogP contribution >= 0.6 is 0 Å². The molecule has 0 atom stereocenters. The molecular weight excluding hydrogens is 180 g/mol. The van der Waals surface area contributed by atoms with E-state index in [1.54, 1.807) is 11.1 Å². The minimum Gasteiger partial charge on any atom is -0.0769 e. The smallest absolute Gasteiger partial charge is 0.0103 e. The Morgan fingerprint density at radius 2 is 1.40 bits per heavy atom. The van der Waals surface area contributed by atoms with Crippen LogP contribution in [0.1, 0.15) is 71.6 Å². The molecular formula is C15H24. The summed E-state index contributed by atoms with van der Waals surface area (Å²) in [4.78, 5) is 0. The van der Waals surface area contributed by atoms with Gasteiger partial charge in [0.1, 0.15) is 0 Å². The molecule has 0 amide bonds. The summed E-state index contributed by atoms with van der Waals surface area (Å²) in [5.74, 6) is 0. The van der Waals surface area contributed by atoms with E-state index in [-0.39, 0.29) is 0 Å². The van der Waals surface area contributed by atoms with Gasteiger partial charge in [-0.1, -0.05) is 35.1 Å². The van der Waals surface area contributed by atoms with E-state index in [2.05, 4.69) is 13.8 Å². The Morgan fingerprint density at radius 1 is 0.733 bits per heavy atom. The van der Waals surface area contributed by atoms with Crippen LogP contribution in [-0.4, -0.2) is 0 Å². The van der Waals surface area contributed by atoms with Crippen LogP contribution in [0.5, 0.6) is 0 Å². The van der Waals surface area contributed by atoms with E-state index in [0.717, 1.165) is 0 Å². The Labute approximate surface area is 94.5 Å². The van der Waals surface area contributed by atoms with Gasteiger partial charge in [-0.25, -0.2) is 0 Å². The summed E-state index contributed by atoms with van der Waals surface area (Å²) in [6.07, 6.45) is 12.7. The van der Waals surface area contributed by atoms with Crippen molar-refractivity contribution in [3.63, 3.8) is 0 Å². The summed E-state index contributed by atoms with van der Waals surface area (Å²) in [5, 5.41) is 0. The molecule has 0 nitrogen and oxygen atoms in total. The molecule has 0 heteroatoms. The fraction of sp³-hybridized carbons (Fsp3) is 0.733. The lowest BCUT2D eigenvalue weighted by molar-refractivity contribution is 0.702. The SMILES string of the molecule is CC(C)=C1CCC(=C2CCCCCC2)C1. The fourth-order valence-corrected chi connectivity index (χ4v) is 2.97. The molecule has 0 N–H and O–H groups in total. The number of hydrogen-bond donors (Lipinski definition) is 0. The molecule has 0 aliphatic heterocycles. The van der Waals surface area contributed by atoms with E-state index in [4.69, 9.17) is 0 Å². The van der Waals surface area contributed by atoms with E-state index < -0.39 is 0 Å². The van der Waals surface area contributed by atoms with Crippen LogP contribution in [-0.2, 0) is 0 Å². The van der Waals surface area contributed by atoms with Gasteiger partial charge in [0.25, 0.3) is 0 Å². The van der Waals surface area contributed by atoms with E-state index in [1.165, 1.54) is 57.8 Å². The molecule has 0 aromatic carbocycles. The highest BCUT2D eigenvalue weighted by molar-refractivity contribution is 5.30. The Hall–Kier alpha value is -0.520. The largest absolute Gasteiger partial charge is 0.0769 e. The molecule has 84 valence electrons. The molecule has 0 heterocycles. The highest BCUT2D eigenvalue weighted by Gasteiger charge is 2.17.